The third-order valence-corrected chi connectivity index (χ3v) is 5.94. The number of nitrogens with one attached hydrogen (secondary N) is 2. The highest BCUT2D eigenvalue weighted by Crippen LogP contribution is 2.29. The van der Waals surface area contributed by atoms with Crippen LogP contribution in [0, 0.1) is 0 Å². The molecule has 1 fully saturated rings. The molecule has 1 aromatic heterocycles. The summed E-state index contributed by atoms with van der Waals surface area (Å²) in [7, 11) is 1.59. The second-order valence-corrected chi connectivity index (χ2v) is 8.71. The molecule has 0 aliphatic heterocycles. The largest absolute Gasteiger partial charge is 0.367 e. The fourth-order valence-electron chi connectivity index (χ4n) is 2.94. The summed E-state index contributed by atoms with van der Waals surface area (Å²) in [4.78, 5) is 35.3. The van der Waals surface area contributed by atoms with Crippen molar-refractivity contribution in [2.24, 2.45) is 0 Å². The van der Waals surface area contributed by atoms with E-state index in [1.807, 2.05) is 24.3 Å². The molecule has 31 heavy (non-hydrogen) atoms. The number of likely N-dealkylation sites (N-methyl/N-ethyl adjacent to an activating group) is 1. The van der Waals surface area contributed by atoms with Crippen molar-refractivity contribution in [3.05, 3.63) is 53.6 Å². The molecular weight excluding hydrogens is 434 g/mol. The lowest BCUT2D eigenvalue weighted by Gasteiger charge is -2.17. The van der Waals surface area contributed by atoms with Crippen molar-refractivity contribution in [3.8, 4) is 0 Å². The van der Waals surface area contributed by atoms with E-state index in [4.69, 9.17) is 11.6 Å². The number of nitrogens with zero attached hydrogens (tertiary/aromatic N) is 3. The molecule has 9 heteroatoms. The summed E-state index contributed by atoms with van der Waals surface area (Å²) in [6, 6.07) is 15.2. The summed E-state index contributed by atoms with van der Waals surface area (Å²) in [5, 5.41) is 8.11. The van der Waals surface area contributed by atoms with E-state index in [-0.39, 0.29) is 24.1 Å². The summed E-state index contributed by atoms with van der Waals surface area (Å²) in [6.45, 7) is -0.0717. The molecule has 0 bridgehead atoms. The van der Waals surface area contributed by atoms with Crippen molar-refractivity contribution < 1.29 is 9.59 Å². The van der Waals surface area contributed by atoms with E-state index in [2.05, 4.69) is 20.6 Å². The molecule has 4 rings (SSSR count). The number of carbonyl (C=O) groups is 2. The van der Waals surface area contributed by atoms with Crippen molar-refractivity contribution in [2.75, 3.05) is 30.0 Å². The average Bonchev–Trinajstić information content (AvgIpc) is 3.57. The molecule has 160 valence electrons. The Labute approximate surface area is 189 Å². The highest BCUT2D eigenvalue weighted by Gasteiger charge is 2.23. The first-order valence-corrected chi connectivity index (χ1v) is 11.3. The van der Waals surface area contributed by atoms with Crippen LogP contribution < -0.4 is 10.6 Å². The first-order valence-electron chi connectivity index (χ1n) is 9.94. The van der Waals surface area contributed by atoms with Gasteiger partial charge in [-0.15, -0.1) is 0 Å². The zero-order chi connectivity index (χ0) is 21.8. The molecule has 1 aliphatic rings. The lowest BCUT2D eigenvalue weighted by atomic mass is 10.2. The van der Waals surface area contributed by atoms with E-state index >= 15 is 0 Å². The molecule has 1 aliphatic carbocycles. The van der Waals surface area contributed by atoms with Gasteiger partial charge >= 0.3 is 0 Å². The van der Waals surface area contributed by atoms with Gasteiger partial charge in [0.2, 0.25) is 11.8 Å². The Balaban J connectivity index is 1.36. The van der Waals surface area contributed by atoms with Gasteiger partial charge in [0.15, 0.2) is 5.16 Å². The van der Waals surface area contributed by atoms with Crippen LogP contribution in [0.4, 0.5) is 11.5 Å². The molecule has 2 aromatic carbocycles. The summed E-state index contributed by atoms with van der Waals surface area (Å²) in [5.41, 5.74) is 1.35. The molecule has 3 aromatic rings. The number of thioether (sulfide) groups is 1. The summed E-state index contributed by atoms with van der Waals surface area (Å²) >= 11 is 7.32. The van der Waals surface area contributed by atoms with Crippen LogP contribution in [-0.4, -0.2) is 52.1 Å². The Morgan fingerprint density at radius 2 is 1.87 bits per heavy atom. The van der Waals surface area contributed by atoms with E-state index in [1.165, 1.54) is 16.7 Å². The minimum Gasteiger partial charge on any atom is -0.367 e. The van der Waals surface area contributed by atoms with Gasteiger partial charge in [-0.25, -0.2) is 9.97 Å². The molecule has 1 heterocycles. The number of halogens is 1. The van der Waals surface area contributed by atoms with Gasteiger partial charge < -0.3 is 15.5 Å². The Kier molecular flexibility index (Phi) is 6.58. The second-order valence-electron chi connectivity index (χ2n) is 7.36. The standard InChI is InChI=1S/C22H22ClN5O2S/c1-28(12-19(29)25-18-9-5-3-7-16(18)23)20(30)13-31-22-26-17-8-4-2-6-15(17)21(27-22)24-14-10-11-14/h2-9,14H,10-13H2,1H3,(H,25,29)(H,24,26,27). The lowest BCUT2D eigenvalue weighted by Crippen LogP contribution is -2.36. The summed E-state index contributed by atoms with van der Waals surface area (Å²) in [5.74, 6) is 0.437. The Morgan fingerprint density at radius 1 is 1.13 bits per heavy atom. The fourth-order valence-corrected chi connectivity index (χ4v) is 3.92. The predicted molar refractivity (Wildman–Crippen MR) is 125 cm³/mol. The van der Waals surface area contributed by atoms with Gasteiger partial charge in [0.1, 0.15) is 5.82 Å². The number of anilines is 2. The zero-order valence-corrected chi connectivity index (χ0v) is 18.5. The average molecular weight is 456 g/mol. The lowest BCUT2D eigenvalue weighted by molar-refractivity contribution is -0.131. The Morgan fingerprint density at radius 3 is 2.65 bits per heavy atom. The topological polar surface area (TPSA) is 87.2 Å². The third-order valence-electron chi connectivity index (χ3n) is 4.78. The molecule has 2 N–H and O–H groups in total. The number of hydrogen-bond acceptors (Lipinski definition) is 6. The van der Waals surface area contributed by atoms with E-state index in [0.29, 0.717) is 21.9 Å². The minimum absolute atomic E-state index is 0.0717. The minimum atomic E-state index is -0.313. The van der Waals surface area contributed by atoms with Crippen molar-refractivity contribution >= 4 is 57.6 Å². The Hall–Kier alpha value is -2.84. The predicted octanol–water partition coefficient (Wildman–Crippen LogP) is 4.05. The van der Waals surface area contributed by atoms with Crippen molar-refractivity contribution in [1.82, 2.24) is 14.9 Å². The van der Waals surface area contributed by atoms with Crippen LogP contribution in [0.2, 0.25) is 5.02 Å². The fraction of sp³-hybridized carbons (Fsp3) is 0.273. The van der Waals surface area contributed by atoms with Gasteiger partial charge in [-0.05, 0) is 37.1 Å². The van der Waals surface area contributed by atoms with Gasteiger partial charge in [-0.3, -0.25) is 9.59 Å². The Bertz CT molecular complexity index is 1120. The number of carbonyl (C=O) groups excluding carboxylic acids is 2. The number of rotatable bonds is 8. The third kappa shape index (κ3) is 5.65. The number of amides is 2. The maximum Gasteiger partial charge on any atom is 0.244 e. The monoisotopic (exact) mass is 455 g/mol. The molecule has 0 radical (unpaired) electrons. The van der Waals surface area contributed by atoms with Gasteiger partial charge in [-0.2, -0.15) is 0 Å². The van der Waals surface area contributed by atoms with Crippen LogP contribution in [-0.2, 0) is 9.59 Å². The van der Waals surface area contributed by atoms with Gasteiger partial charge in [0.05, 0.1) is 28.5 Å². The quantitative estimate of drug-likeness (QED) is 0.393. The summed E-state index contributed by atoms with van der Waals surface area (Å²) < 4.78 is 0. The number of fused-ring (bicyclic) bond motifs is 1. The van der Waals surface area contributed by atoms with Crippen molar-refractivity contribution in [1.29, 1.82) is 0 Å². The van der Waals surface area contributed by atoms with Crippen LogP contribution in [0.3, 0.4) is 0 Å². The van der Waals surface area contributed by atoms with Crippen LogP contribution in [0.1, 0.15) is 12.8 Å². The highest BCUT2D eigenvalue weighted by molar-refractivity contribution is 7.99. The SMILES string of the molecule is CN(CC(=O)Nc1ccccc1Cl)C(=O)CSc1nc(NC2CC2)c2ccccc2n1. The van der Waals surface area contributed by atoms with Crippen LogP contribution in [0.25, 0.3) is 10.9 Å². The molecule has 2 amide bonds. The zero-order valence-electron chi connectivity index (χ0n) is 17.0. The van der Waals surface area contributed by atoms with Gasteiger partial charge in [-0.1, -0.05) is 47.6 Å². The number of benzene rings is 2. The number of para-hydroxylation sites is 2. The second kappa shape index (κ2) is 9.53. The molecule has 0 atom stereocenters. The van der Waals surface area contributed by atoms with Crippen LogP contribution in [0.5, 0.6) is 0 Å². The molecular formula is C22H22ClN5O2S. The summed E-state index contributed by atoms with van der Waals surface area (Å²) in [6.07, 6.45) is 2.28. The number of aromatic nitrogens is 2. The first kappa shape index (κ1) is 21.4. The maximum absolute atomic E-state index is 12.5. The molecule has 0 spiro atoms. The van der Waals surface area contributed by atoms with E-state index < -0.39 is 0 Å². The van der Waals surface area contributed by atoms with Crippen molar-refractivity contribution in [3.63, 3.8) is 0 Å². The molecule has 7 nitrogen and oxygen atoms in total. The van der Waals surface area contributed by atoms with Crippen LogP contribution in [0.15, 0.2) is 53.7 Å². The van der Waals surface area contributed by atoms with E-state index in [0.717, 1.165) is 29.6 Å². The number of hydrogen-bond donors (Lipinski definition) is 2. The normalized spacial score (nSPS) is 13.1. The van der Waals surface area contributed by atoms with E-state index in [1.54, 1.807) is 31.3 Å². The molecule has 0 unspecified atom stereocenters. The van der Waals surface area contributed by atoms with Crippen LogP contribution >= 0.6 is 23.4 Å². The van der Waals surface area contributed by atoms with E-state index in [9.17, 15) is 9.59 Å². The highest BCUT2D eigenvalue weighted by atomic mass is 35.5. The van der Waals surface area contributed by atoms with Gasteiger partial charge in [0.25, 0.3) is 0 Å². The molecule has 0 saturated heterocycles. The van der Waals surface area contributed by atoms with Crippen molar-refractivity contribution in [2.45, 2.75) is 24.0 Å². The first-order chi connectivity index (χ1) is 15.0. The smallest absolute Gasteiger partial charge is 0.244 e. The maximum atomic E-state index is 12.5. The molecule has 1 saturated carbocycles. The van der Waals surface area contributed by atoms with Gasteiger partial charge in [0, 0.05) is 18.5 Å².